The largest absolute Gasteiger partial charge is 0.495 e. The maximum atomic E-state index is 14.0. The molecule has 1 amide bonds. The molecule has 6 nitrogen and oxygen atoms in total. The predicted octanol–water partition coefficient (Wildman–Crippen LogP) is 7.50. The first-order valence-electron chi connectivity index (χ1n) is 14.9. The molecule has 5 rings (SSSR count). The molecule has 3 aromatic rings. The first-order chi connectivity index (χ1) is 19.3. The molecule has 0 bridgehead atoms. The van der Waals surface area contributed by atoms with Gasteiger partial charge in [0.1, 0.15) is 5.75 Å². The van der Waals surface area contributed by atoms with E-state index in [2.05, 4.69) is 54.1 Å². The number of ether oxygens (including phenoxy) is 1. The Morgan fingerprint density at radius 1 is 1.07 bits per heavy atom. The number of aromatic nitrogens is 2. The normalized spacial score (nSPS) is 23.2. The summed E-state index contributed by atoms with van der Waals surface area (Å²) in [5.74, 6) is 2.33. The van der Waals surface area contributed by atoms with Gasteiger partial charge in [0.25, 0.3) is 0 Å². The second-order valence-electron chi connectivity index (χ2n) is 12.0. The number of rotatable bonds is 8. The van der Waals surface area contributed by atoms with Gasteiger partial charge in [0.15, 0.2) is 0 Å². The van der Waals surface area contributed by atoms with Gasteiger partial charge >= 0.3 is 0 Å². The molecular formula is C33H43N3O3S. The second-order valence-corrected chi connectivity index (χ2v) is 13.0. The van der Waals surface area contributed by atoms with Crippen molar-refractivity contribution in [1.29, 1.82) is 0 Å². The SMILES string of the molecule is COc1ccc([C@H]2CC[C@H](CN(c3cccc(-c4cnc(C(C)C)s4)c3)C(=O)[C@H]3CC[C@H](O)CC3)CC2)nc1C. The molecule has 0 radical (unpaired) electrons. The summed E-state index contributed by atoms with van der Waals surface area (Å²) in [5, 5.41) is 11.2. The molecule has 214 valence electrons. The van der Waals surface area contributed by atoms with Gasteiger partial charge in [-0.2, -0.15) is 0 Å². The van der Waals surface area contributed by atoms with Crippen LogP contribution < -0.4 is 9.64 Å². The monoisotopic (exact) mass is 561 g/mol. The number of anilines is 1. The summed E-state index contributed by atoms with van der Waals surface area (Å²) >= 11 is 1.73. The molecular weight excluding hydrogens is 518 g/mol. The Kier molecular flexibility index (Phi) is 9.21. The highest BCUT2D eigenvalue weighted by Gasteiger charge is 2.32. The van der Waals surface area contributed by atoms with Crippen LogP contribution in [-0.2, 0) is 4.79 Å². The van der Waals surface area contributed by atoms with E-state index in [1.807, 2.05) is 19.2 Å². The average molecular weight is 562 g/mol. The van der Waals surface area contributed by atoms with Crippen molar-refractivity contribution in [3.8, 4) is 16.2 Å². The number of aryl methyl sites for hydroxylation is 1. The molecule has 1 N–H and O–H groups in total. The van der Waals surface area contributed by atoms with Crippen molar-refractivity contribution >= 4 is 22.9 Å². The molecule has 7 heteroatoms. The van der Waals surface area contributed by atoms with Crippen molar-refractivity contribution < 1.29 is 14.6 Å². The number of aliphatic hydroxyl groups is 1. The van der Waals surface area contributed by atoms with Crippen molar-refractivity contribution in [3.05, 3.63) is 59.0 Å². The second kappa shape index (κ2) is 12.8. The van der Waals surface area contributed by atoms with E-state index in [9.17, 15) is 9.90 Å². The number of amides is 1. The Morgan fingerprint density at radius 3 is 2.48 bits per heavy atom. The van der Waals surface area contributed by atoms with Gasteiger partial charge in [-0.15, -0.1) is 11.3 Å². The molecule has 1 aromatic carbocycles. The summed E-state index contributed by atoms with van der Waals surface area (Å²) < 4.78 is 5.40. The minimum absolute atomic E-state index is 0.0224. The van der Waals surface area contributed by atoms with Crippen molar-refractivity contribution in [1.82, 2.24) is 9.97 Å². The van der Waals surface area contributed by atoms with E-state index >= 15 is 0 Å². The molecule has 2 saturated carbocycles. The van der Waals surface area contributed by atoms with E-state index in [4.69, 9.17) is 9.72 Å². The average Bonchev–Trinajstić information content (AvgIpc) is 3.47. The maximum Gasteiger partial charge on any atom is 0.230 e. The minimum Gasteiger partial charge on any atom is -0.495 e. The summed E-state index contributed by atoms with van der Waals surface area (Å²) in [5.41, 5.74) is 4.19. The van der Waals surface area contributed by atoms with Gasteiger partial charge < -0.3 is 14.7 Å². The topological polar surface area (TPSA) is 75.5 Å². The van der Waals surface area contributed by atoms with Crippen LogP contribution in [0.25, 0.3) is 10.4 Å². The Bertz CT molecular complexity index is 1290. The number of pyridine rings is 1. The van der Waals surface area contributed by atoms with Crippen LogP contribution in [0.5, 0.6) is 5.75 Å². The van der Waals surface area contributed by atoms with Crippen LogP contribution in [0.15, 0.2) is 42.6 Å². The van der Waals surface area contributed by atoms with Crippen molar-refractivity contribution in [2.45, 2.75) is 90.1 Å². The highest BCUT2D eigenvalue weighted by Crippen LogP contribution is 2.38. The van der Waals surface area contributed by atoms with Gasteiger partial charge in [0.05, 0.1) is 28.8 Å². The van der Waals surface area contributed by atoms with Crippen molar-refractivity contribution in [3.63, 3.8) is 0 Å². The molecule has 2 heterocycles. The first-order valence-corrected chi connectivity index (χ1v) is 15.7. The fourth-order valence-corrected chi connectivity index (χ4v) is 7.21. The van der Waals surface area contributed by atoms with Gasteiger partial charge in [-0.25, -0.2) is 4.98 Å². The number of aliphatic hydroxyl groups excluding tert-OH is 1. The van der Waals surface area contributed by atoms with E-state index < -0.39 is 0 Å². The Morgan fingerprint density at radius 2 is 1.82 bits per heavy atom. The maximum absolute atomic E-state index is 14.0. The minimum atomic E-state index is -0.271. The molecule has 2 aliphatic rings. The van der Waals surface area contributed by atoms with Gasteiger partial charge in [0, 0.05) is 41.9 Å². The summed E-state index contributed by atoms with van der Waals surface area (Å²) in [6, 6.07) is 12.6. The quantitative estimate of drug-likeness (QED) is 0.308. The molecule has 0 atom stereocenters. The van der Waals surface area contributed by atoms with Crippen LogP contribution in [-0.4, -0.2) is 40.7 Å². The number of carbonyl (C=O) groups excluding carboxylic acids is 1. The van der Waals surface area contributed by atoms with Gasteiger partial charge in [-0.1, -0.05) is 26.0 Å². The van der Waals surface area contributed by atoms with E-state index in [0.29, 0.717) is 30.6 Å². The number of nitrogens with zero attached hydrogens (tertiary/aromatic N) is 3. The Balaban J connectivity index is 1.33. The standard InChI is InChI=1S/C33H43N3O3S/c1-21(2)32-34-19-31(40-32)26-6-5-7-27(18-26)36(33(38)25-12-14-28(37)15-13-25)20-23-8-10-24(11-9-23)29-16-17-30(39-4)22(3)35-29/h5-7,16-19,21,23-25,28,37H,8-15,20H2,1-4H3/t23-,24-,25-,28-. The Labute approximate surface area is 242 Å². The van der Waals surface area contributed by atoms with Crippen LogP contribution in [0.4, 0.5) is 5.69 Å². The lowest BCUT2D eigenvalue weighted by Gasteiger charge is -2.35. The van der Waals surface area contributed by atoms with Crippen LogP contribution in [0, 0.1) is 18.8 Å². The summed E-state index contributed by atoms with van der Waals surface area (Å²) in [6.07, 6.45) is 8.96. The molecule has 2 aromatic heterocycles. The van der Waals surface area contributed by atoms with Crippen molar-refractivity contribution in [2.75, 3.05) is 18.6 Å². The first kappa shape index (κ1) is 28.7. The van der Waals surface area contributed by atoms with Gasteiger partial charge in [-0.3, -0.25) is 9.78 Å². The molecule has 0 unspecified atom stereocenters. The third-order valence-corrected chi connectivity index (χ3v) is 10.1. The molecule has 40 heavy (non-hydrogen) atoms. The predicted molar refractivity (Wildman–Crippen MR) is 162 cm³/mol. The van der Waals surface area contributed by atoms with Gasteiger partial charge in [0.2, 0.25) is 5.91 Å². The molecule has 2 fully saturated rings. The van der Waals surface area contributed by atoms with E-state index in [1.54, 1.807) is 18.4 Å². The molecule has 0 spiro atoms. The van der Waals surface area contributed by atoms with Crippen LogP contribution >= 0.6 is 11.3 Å². The van der Waals surface area contributed by atoms with E-state index in [0.717, 1.165) is 83.3 Å². The van der Waals surface area contributed by atoms with E-state index in [1.165, 1.54) is 0 Å². The fourth-order valence-electron chi connectivity index (χ4n) is 6.29. The smallest absolute Gasteiger partial charge is 0.230 e. The zero-order chi connectivity index (χ0) is 28.2. The van der Waals surface area contributed by atoms with E-state index in [-0.39, 0.29) is 17.9 Å². The van der Waals surface area contributed by atoms with Crippen LogP contribution in [0.1, 0.15) is 93.4 Å². The van der Waals surface area contributed by atoms with Crippen LogP contribution in [0.3, 0.4) is 0 Å². The highest BCUT2D eigenvalue weighted by molar-refractivity contribution is 7.15. The summed E-state index contributed by atoms with van der Waals surface area (Å²) in [4.78, 5) is 26.7. The lowest BCUT2D eigenvalue weighted by atomic mass is 9.79. The lowest BCUT2D eigenvalue weighted by molar-refractivity contribution is -0.124. The number of benzene rings is 1. The zero-order valence-electron chi connectivity index (χ0n) is 24.3. The number of hydrogen-bond acceptors (Lipinski definition) is 6. The number of hydrogen-bond donors (Lipinski definition) is 1. The summed E-state index contributed by atoms with van der Waals surface area (Å²) in [7, 11) is 1.69. The number of thiazole rings is 1. The highest BCUT2D eigenvalue weighted by atomic mass is 32.1. The van der Waals surface area contributed by atoms with Crippen LogP contribution in [0.2, 0.25) is 0 Å². The lowest BCUT2D eigenvalue weighted by Crippen LogP contribution is -2.41. The van der Waals surface area contributed by atoms with Crippen molar-refractivity contribution in [2.24, 2.45) is 11.8 Å². The third kappa shape index (κ3) is 6.58. The van der Waals surface area contributed by atoms with Gasteiger partial charge in [-0.05, 0) is 94.0 Å². The summed E-state index contributed by atoms with van der Waals surface area (Å²) in [6.45, 7) is 7.08. The Hall–Kier alpha value is -2.77. The molecule has 0 aliphatic heterocycles. The third-order valence-electron chi connectivity index (χ3n) is 8.76. The molecule has 2 aliphatic carbocycles. The fraction of sp³-hybridized carbons (Fsp3) is 0.545. The zero-order valence-corrected chi connectivity index (χ0v) is 25.1. The number of carbonyl (C=O) groups is 1. The molecule has 0 saturated heterocycles. The number of methoxy groups -OCH3 is 1.